The van der Waals surface area contributed by atoms with Crippen molar-refractivity contribution in [3.8, 4) is 6.07 Å². The molecule has 0 N–H and O–H groups in total. The molecule has 0 aliphatic heterocycles. The molecule has 0 heterocycles. The van der Waals surface area contributed by atoms with E-state index in [-0.39, 0.29) is 18.5 Å². The fraction of sp³-hybridized carbons (Fsp3) is 0.222. The van der Waals surface area contributed by atoms with Gasteiger partial charge in [0.1, 0.15) is 5.82 Å². The van der Waals surface area contributed by atoms with E-state index in [1.165, 1.54) is 17.0 Å². The Bertz CT molecular complexity index is 734. The van der Waals surface area contributed by atoms with Crippen LogP contribution in [0.3, 0.4) is 0 Å². The molecule has 22 heavy (non-hydrogen) atoms. The summed E-state index contributed by atoms with van der Waals surface area (Å²) >= 11 is 0. The number of benzene rings is 2. The molecule has 0 radical (unpaired) electrons. The van der Waals surface area contributed by atoms with Gasteiger partial charge in [-0.15, -0.1) is 0 Å². The second-order valence-electron chi connectivity index (χ2n) is 5.11. The molecule has 2 rings (SSSR count). The molecule has 0 aromatic heterocycles. The average Bonchev–Trinajstić information content (AvgIpc) is 2.51. The first-order valence-corrected chi connectivity index (χ1v) is 7.05. The Labute approximate surface area is 129 Å². The molecule has 1 amide bonds. The highest BCUT2D eigenvalue weighted by atomic mass is 19.1. The van der Waals surface area contributed by atoms with Crippen LogP contribution in [0.5, 0.6) is 0 Å². The Morgan fingerprint density at radius 1 is 1.18 bits per heavy atom. The summed E-state index contributed by atoms with van der Waals surface area (Å²) in [5.74, 6) is -0.991. The number of aryl methyl sites for hydroxylation is 2. The minimum absolute atomic E-state index is 0.0127. The van der Waals surface area contributed by atoms with Crippen LogP contribution in [-0.2, 0) is 0 Å². The fourth-order valence-corrected chi connectivity index (χ4v) is 2.18. The van der Waals surface area contributed by atoms with E-state index in [0.29, 0.717) is 5.69 Å². The van der Waals surface area contributed by atoms with Gasteiger partial charge < -0.3 is 4.90 Å². The van der Waals surface area contributed by atoms with Gasteiger partial charge in [0, 0.05) is 12.2 Å². The van der Waals surface area contributed by atoms with Crippen LogP contribution < -0.4 is 4.90 Å². The summed E-state index contributed by atoms with van der Waals surface area (Å²) in [6.07, 6.45) is 0.188. The third-order valence-electron chi connectivity index (χ3n) is 3.60. The molecular formula is C18H17FN2O. The highest BCUT2D eigenvalue weighted by molar-refractivity contribution is 6.06. The lowest BCUT2D eigenvalue weighted by molar-refractivity contribution is 0.0983. The SMILES string of the molecule is Cc1ccc(N(CCC#N)C(=O)c2ccccc2F)cc1C. The molecule has 0 atom stereocenters. The van der Waals surface area contributed by atoms with Crippen LogP contribution in [0.25, 0.3) is 0 Å². The lowest BCUT2D eigenvalue weighted by Gasteiger charge is -2.23. The van der Waals surface area contributed by atoms with Crippen molar-refractivity contribution in [2.45, 2.75) is 20.3 Å². The first-order chi connectivity index (χ1) is 10.5. The maximum Gasteiger partial charge on any atom is 0.261 e. The number of nitriles is 1. The van der Waals surface area contributed by atoms with Crippen molar-refractivity contribution in [3.63, 3.8) is 0 Å². The molecule has 3 nitrogen and oxygen atoms in total. The van der Waals surface area contributed by atoms with Gasteiger partial charge in [0.25, 0.3) is 5.91 Å². The molecule has 0 bridgehead atoms. The standard InChI is InChI=1S/C18H17FN2O/c1-13-8-9-15(12-14(13)2)21(11-5-10-20)18(22)16-6-3-4-7-17(16)19/h3-4,6-9,12H,5,11H2,1-2H3. The minimum atomic E-state index is -0.557. The number of halogens is 1. The summed E-state index contributed by atoms with van der Waals surface area (Å²) in [5, 5.41) is 8.81. The first-order valence-electron chi connectivity index (χ1n) is 7.05. The van der Waals surface area contributed by atoms with E-state index < -0.39 is 11.7 Å². The van der Waals surface area contributed by atoms with Crippen molar-refractivity contribution in [1.82, 2.24) is 0 Å². The number of amides is 1. The van der Waals surface area contributed by atoms with Crippen molar-refractivity contribution >= 4 is 11.6 Å². The average molecular weight is 296 g/mol. The molecule has 2 aromatic rings. The topological polar surface area (TPSA) is 44.1 Å². The summed E-state index contributed by atoms with van der Waals surface area (Å²) in [5.41, 5.74) is 2.84. The lowest BCUT2D eigenvalue weighted by atomic mass is 10.1. The van der Waals surface area contributed by atoms with Gasteiger partial charge in [0.15, 0.2) is 0 Å². The van der Waals surface area contributed by atoms with E-state index in [0.717, 1.165) is 11.1 Å². The van der Waals surface area contributed by atoms with Crippen LogP contribution in [0.4, 0.5) is 10.1 Å². The molecule has 2 aromatic carbocycles. The summed E-state index contributed by atoms with van der Waals surface area (Å²) < 4.78 is 13.9. The van der Waals surface area contributed by atoms with Gasteiger partial charge >= 0.3 is 0 Å². The molecule has 0 unspecified atom stereocenters. The zero-order valence-electron chi connectivity index (χ0n) is 12.6. The highest BCUT2D eigenvalue weighted by Gasteiger charge is 2.20. The number of hydrogen-bond acceptors (Lipinski definition) is 2. The van der Waals surface area contributed by atoms with Crippen LogP contribution in [0.15, 0.2) is 42.5 Å². The van der Waals surface area contributed by atoms with E-state index in [4.69, 9.17) is 5.26 Å². The molecule has 0 fully saturated rings. The number of carbonyl (C=O) groups is 1. The van der Waals surface area contributed by atoms with Crippen molar-refractivity contribution in [3.05, 3.63) is 65.0 Å². The van der Waals surface area contributed by atoms with E-state index in [1.807, 2.05) is 38.1 Å². The van der Waals surface area contributed by atoms with Gasteiger partial charge in [0.2, 0.25) is 0 Å². The molecule has 4 heteroatoms. The molecular weight excluding hydrogens is 279 g/mol. The third-order valence-corrected chi connectivity index (χ3v) is 3.60. The number of nitrogens with zero attached hydrogens (tertiary/aromatic N) is 2. The normalized spacial score (nSPS) is 10.1. The number of carbonyl (C=O) groups excluding carboxylic acids is 1. The van der Waals surface area contributed by atoms with Crippen molar-refractivity contribution in [2.75, 3.05) is 11.4 Å². The van der Waals surface area contributed by atoms with Gasteiger partial charge in [-0.05, 0) is 49.2 Å². The van der Waals surface area contributed by atoms with Gasteiger partial charge in [-0.25, -0.2) is 4.39 Å². The van der Waals surface area contributed by atoms with Gasteiger partial charge in [-0.2, -0.15) is 5.26 Å². The third kappa shape index (κ3) is 3.32. The predicted molar refractivity (Wildman–Crippen MR) is 84.2 cm³/mol. The van der Waals surface area contributed by atoms with Crippen LogP contribution in [-0.4, -0.2) is 12.5 Å². The molecule has 0 aliphatic carbocycles. The smallest absolute Gasteiger partial charge is 0.261 e. The van der Waals surface area contributed by atoms with E-state index in [2.05, 4.69) is 0 Å². The summed E-state index contributed by atoms with van der Waals surface area (Å²) in [4.78, 5) is 14.1. The molecule has 0 saturated heterocycles. The zero-order chi connectivity index (χ0) is 16.1. The number of rotatable bonds is 4. The predicted octanol–water partition coefficient (Wildman–Crippen LogP) is 4.00. The van der Waals surface area contributed by atoms with Crippen LogP contribution in [0.1, 0.15) is 27.9 Å². The van der Waals surface area contributed by atoms with Crippen molar-refractivity contribution < 1.29 is 9.18 Å². The van der Waals surface area contributed by atoms with E-state index in [1.54, 1.807) is 12.1 Å². The summed E-state index contributed by atoms with van der Waals surface area (Å²) in [7, 11) is 0. The maximum atomic E-state index is 13.9. The molecule has 0 saturated carbocycles. The van der Waals surface area contributed by atoms with Crippen LogP contribution in [0.2, 0.25) is 0 Å². The second-order valence-corrected chi connectivity index (χ2v) is 5.11. The second kappa shape index (κ2) is 6.86. The monoisotopic (exact) mass is 296 g/mol. The zero-order valence-corrected chi connectivity index (χ0v) is 12.6. The Kier molecular flexibility index (Phi) is 4.90. The molecule has 0 spiro atoms. The number of anilines is 1. The van der Waals surface area contributed by atoms with E-state index in [9.17, 15) is 9.18 Å². The van der Waals surface area contributed by atoms with Crippen LogP contribution in [0, 0.1) is 31.0 Å². The van der Waals surface area contributed by atoms with Crippen molar-refractivity contribution in [1.29, 1.82) is 5.26 Å². The molecule has 112 valence electrons. The van der Waals surface area contributed by atoms with Crippen molar-refractivity contribution in [2.24, 2.45) is 0 Å². The fourth-order valence-electron chi connectivity index (χ4n) is 2.18. The van der Waals surface area contributed by atoms with Gasteiger partial charge in [-0.3, -0.25) is 4.79 Å². The van der Waals surface area contributed by atoms with Gasteiger partial charge in [-0.1, -0.05) is 18.2 Å². The Hall–Kier alpha value is -2.67. The van der Waals surface area contributed by atoms with E-state index >= 15 is 0 Å². The Morgan fingerprint density at radius 2 is 1.91 bits per heavy atom. The summed E-state index contributed by atoms with van der Waals surface area (Å²) in [6, 6.07) is 13.5. The Balaban J connectivity index is 2.41. The molecule has 0 aliphatic rings. The Morgan fingerprint density at radius 3 is 2.55 bits per heavy atom. The van der Waals surface area contributed by atoms with Crippen LogP contribution >= 0.6 is 0 Å². The minimum Gasteiger partial charge on any atom is -0.307 e. The lowest BCUT2D eigenvalue weighted by Crippen LogP contribution is -2.32. The van der Waals surface area contributed by atoms with Gasteiger partial charge in [0.05, 0.1) is 18.1 Å². The highest BCUT2D eigenvalue weighted by Crippen LogP contribution is 2.22. The quantitative estimate of drug-likeness (QED) is 0.856. The summed E-state index contributed by atoms with van der Waals surface area (Å²) in [6.45, 7) is 4.17. The first kappa shape index (κ1) is 15.7. The number of hydrogen-bond donors (Lipinski definition) is 0. The largest absolute Gasteiger partial charge is 0.307 e. The maximum absolute atomic E-state index is 13.9.